The van der Waals surface area contributed by atoms with Crippen molar-refractivity contribution in [2.45, 2.75) is 19.3 Å². The van der Waals surface area contributed by atoms with Crippen molar-refractivity contribution >= 4 is 28.7 Å². The lowest BCUT2D eigenvalue weighted by Crippen LogP contribution is -2.20. The number of rotatable bonds is 5. The van der Waals surface area contributed by atoms with E-state index in [1.54, 1.807) is 13.0 Å². The first-order valence-electron chi connectivity index (χ1n) is 9.53. The molecule has 4 rings (SSSR count). The molecule has 1 aliphatic rings. The van der Waals surface area contributed by atoms with Gasteiger partial charge in [-0.15, -0.1) is 0 Å². The standard InChI is InChI=1S/C19H17N3O2.C3H6O2/c23-22(24)18-12-20-19(17-9-5-4-8-16(17)18)21-11-10-15(13-21)14-6-2-1-3-7-14;1-2-5-3-4/h1-9,12,15H,10-11,13H2;3H,2H2,1H3. The maximum atomic E-state index is 11.2. The Morgan fingerprint density at radius 3 is 2.48 bits per heavy atom. The van der Waals surface area contributed by atoms with E-state index in [0.29, 0.717) is 24.4 Å². The van der Waals surface area contributed by atoms with Gasteiger partial charge in [0.05, 0.1) is 16.9 Å². The van der Waals surface area contributed by atoms with Gasteiger partial charge in [-0.2, -0.15) is 0 Å². The van der Waals surface area contributed by atoms with Crippen molar-refractivity contribution in [1.29, 1.82) is 0 Å². The largest absolute Gasteiger partial charge is 0.468 e. The number of anilines is 1. The molecule has 0 spiro atoms. The number of nitro groups is 1. The number of fused-ring (bicyclic) bond motifs is 1. The van der Waals surface area contributed by atoms with Gasteiger partial charge in [-0.05, 0) is 25.0 Å². The molecule has 1 aliphatic heterocycles. The van der Waals surface area contributed by atoms with Crippen LogP contribution in [0.4, 0.5) is 11.5 Å². The minimum atomic E-state index is -0.365. The van der Waals surface area contributed by atoms with Gasteiger partial charge in [0.1, 0.15) is 12.0 Å². The van der Waals surface area contributed by atoms with Crippen LogP contribution in [0.25, 0.3) is 10.8 Å². The van der Waals surface area contributed by atoms with E-state index in [9.17, 15) is 14.9 Å². The minimum Gasteiger partial charge on any atom is -0.468 e. The van der Waals surface area contributed by atoms with Crippen molar-refractivity contribution in [3.63, 3.8) is 0 Å². The average molecular weight is 393 g/mol. The third kappa shape index (κ3) is 4.68. The van der Waals surface area contributed by atoms with Crippen LogP contribution in [-0.2, 0) is 9.53 Å². The van der Waals surface area contributed by atoms with Crippen LogP contribution in [0.3, 0.4) is 0 Å². The molecule has 2 heterocycles. The Morgan fingerprint density at radius 1 is 1.17 bits per heavy atom. The number of pyridine rings is 1. The summed E-state index contributed by atoms with van der Waals surface area (Å²) >= 11 is 0. The van der Waals surface area contributed by atoms with Crippen molar-refractivity contribution in [3.05, 3.63) is 76.5 Å². The molecular weight excluding hydrogens is 370 g/mol. The fraction of sp³-hybridized carbons (Fsp3) is 0.273. The highest BCUT2D eigenvalue weighted by atomic mass is 16.6. The molecule has 0 saturated carbocycles. The van der Waals surface area contributed by atoms with Gasteiger partial charge >= 0.3 is 0 Å². The highest BCUT2D eigenvalue weighted by Gasteiger charge is 2.27. The first-order valence-corrected chi connectivity index (χ1v) is 9.53. The highest BCUT2D eigenvalue weighted by molar-refractivity contribution is 5.98. The molecule has 0 bridgehead atoms. The van der Waals surface area contributed by atoms with Crippen LogP contribution in [0, 0.1) is 10.1 Å². The number of carbonyl (C=O) groups excluding carboxylic acids is 1. The SMILES string of the molecule is CCOC=O.O=[N+]([O-])c1cnc(N2CCC(c3ccccc3)C2)c2ccccc12. The summed E-state index contributed by atoms with van der Waals surface area (Å²) in [6.07, 6.45) is 2.45. The Morgan fingerprint density at radius 2 is 1.86 bits per heavy atom. The van der Waals surface area contributed by atoms with Crippen LogP contribution in [0.5, 0.6) is 0 Å². The molecule has 7 nitrogen and oxygen atoms in total. The molecule has 1 saturated heterocycles. The monoisotopic (exact) mass is 393 g/mol. The van der Waals surface area contributed by atoms with Crippen LogP contribution < -0.4 is 4.90 Å². The van der Waals surface area contributed by atoms with Crippen LogP contribution in [0.2, 0.25) is 0 Å². The second kappa shape index (κ2) is 9.64. The van der Waals surface area contributed by atoms with Crippen molar-refractivity contribution in [2.75, 3.05) is 24.6 Å². The molecule has 29 heavy (non-hydrogen) atoms. The Kier molecular flexibility index (Phi) is 6.73. The first kappa shape index (κ1) is 20.3. The topological polar surface area (TPSA) is 85.6 Å². The second-order valence-electron chi connectivity index (χ2n) is 6.66. The molecule has 0 aliphatic carbocycles. The summed E-state index contributed by atoms with van der Waals surface area (Å²) in [6, 6.07) is 17.9. The number of ether oxygens (including phenoxy) is 1. The van der Waals surface area contributed by atoms with Crippen LogP contribution in [0.15, 0.2) is 60.8 Å². The predicted octanol–water partition coefficient (Wildman–Crippen LogP) is 4.32. The van der Waals surface area contributed by atoms with Gasteiger partial charge in [-0.1, -0.05) is 48.5 Å². The second-order valence-corrected chi connectivity index (χ2v) is 6.66. The van der Waals surface area contributed by atoms with Crippen molar-refractivity contribution in [3.8, 4) is 0 Å². The van der Waals surface area contributed by atoms with Crippen LogP contribution >= 0.6 is 0 Å². The number of nitrogens with zero attached hydrogens (tertiary/aromatic N) is 3. The van der Waals surface area contributed by atoms with E-state index in [-0.39, 0.29) is 10.6 Å². The zero-order valence-electron chi connectivity index (χ0n) is 16.2. The number of benzene rings is 2. The van der Waals surface area contributed by atoms with Gasteiger partial charge in [0.25, 0.3) is 12.2 Å². The summed E-state index contributed by atoms with van der Waals surface area (Å²) < 4.78 is 4.15. The van der Waals surface area contributed by atoms with Crippen molar-refractivity contribution < 1.29 is 14.5 Å². The summed E-state index contributed by atoms with van der Waals surface area (Å²) in [5.74, 6) is 1.32. The van der Waals surface area contributed by atoms with Crippen LogP contribution in [0.1, 0.15) is 24.8 Å². The minimum absolute atomic E-state index is 0.0631. The lowest BCUT2D eigenvalue weighted by Gasteiger charge is -2.19. The molecule has 1 fully saturated rings. The van der Waals surface area contributed by atoms with E-state index in [1.807, 2.05) is 24.3 Å². The zero-order valence-corrected chi connectivity index (χ0v) is 16.2. The predicted molar refractivity (Wildman–Crippen MR) is 112 cm³/mol. The molecule has 0 amide bonds. The fourth-order valence-electron chi connectivity index (χ4n) is 3.58. The van der Waals surface area contributed by atoms with Crippen molar-refractivity contribution in [2.24, 2.45) is 0 Å². The highest BCUT2D eigenvalue weighted by Crippen LogP contribution is 2.35. The van der Waals surface area contributed by atoms with Crippen LogP contribution in [-0.4, -0.2) is 36.1 Å². The Labute approximate surface area is 169 Å². The normalized spacial score (nSPS) is 15.5. The average Bonchev–Trinajstić information content (AvgIpc) is 3.24. The van der Waals surface area contributed by atoms with E-state index in [0.717, 1.165) is 30.7 Å². The molecule has 2 aromatic carbocycles. The van der Waals surface area contributed by atoms with Crippen molar-refractivity contribution in [1.82, 2.24) is 4.98 Å². The molecule has 7 heteroatoms. The van der Waals surface area contributed by atoms with Gasteiger partial charge in [-0.3, -0.25) is 14.9 Å². The number of aromatic nitrogens is 1. The van der Waals surface area contributed by atoms with E-state index in [4.69, 9.17) is 0 Å². The summed E-state index contributed by atoms with van der Waals surface area (Å²) in [7, 11) is 0. The number of hydrogen-bond acceptors (Lipinski definition) is 6. The lowest BCUT2D eigenvalue weighted by atomic mass is 9.99. The number of hydrogen-bond donors (Lipinski definition) is 0. The Balaban J connectivity index is 0.000000431. The molecular formula is C22H23N3O4. The quantitative estimate of drug-likeness (QED) is 0.365. The van der Waals surface area contributed by atoms with E-state index in [2.05, 4.69) is 38.9 Å². The van der Waals surface area contributed by atoms with Gasteiger partial charge in [-0.25, -0.2) is 4.98 Å². The maximum Gasteiger partial charge on any atom is 0.295 e. The van der Waals surface area contributed by atoms with E-state index < -0.39 is 0 Å². The van der Waals surface area contributed by atoms with Gasteiger partial charge in [0.15, 0.2) is 0 Å². The summed E-state index contributed by atoms with van der Waals surface area (Å²) in [5, 5.41) is 12.7. The summed E-state index contributed by atoms with van der Waals surface area (Å²) in [5.41, 5.74) is 1.40. The molecule has 3 aromatic rings. The first-order chi connectivity index (χ1) is 14.2. The zero-order chi connectivity index (χ0) is 20.6. The molecule has 1 atom stereocenters. The van der Waals surface area contributed by atoms with Gasteiger partial charge < -0.3 is 9.64 Å². The summed E-state index contributed by atoms with van der Waals surface area (Å²) in [6.45, 7) is 4.46. The van der Waals surface area contributed by atoms with Gasteiger partial charge in [0.2, 0.25) is 0 Å². The molecule has 0 N–H and O–H groups in total. The smallest absolute Gasteiger partial charge is 0.295 e. The van der Waals surface area contributed by atoms with E-state index >= 15 is 0 Å². The molecule has 1 aromatic heterocycles. The Bertz CT molecular complexity index is 978. The van der Waals surface area contributed by atoms with E-state index in [1.165, 1.54) is 11.8 Å². The molecule has 150 valence electrons. The lowest BCUT2D eigenvalue weighted by molar-refractivity contribution is -0.383. The Hall–Kier alpha value is -3.48. The third-order valence-corrected chi connectivity index (χ3v) is 4.94. The summed E-state index contributed by atoms with van der Waals surface area (Å²) in [4.78, 5) is 26.7. The maximum absolute atomic E-state index is 11.2. The molecule has 0 radical (unpaired) electrons. The molecule has 1 unspecified atom stereocenters. The third-order valence-electron chi connectivity index (χ3n) is 4.94. The van der Waals surface area contributed by atoms with Gasteiger partial charge in [0, 0.05) is 24.4 Å². The fourth-order valence-corrected chi connectivity index (χ4v) is 3.58. The number of carbonyl (C=O) groups is 1.